The molecule has 1 aliphatic heterocycles. The van der Waals surface area contributed by atoms with Gasteiger partial charge in [-0.1, -0.05) is 31.6 Å². The van der Waals surface area contributed by atoms with Gasteiger partial charge in [0.05, 0.1) is 18.5 Å². The number of benzene rings is 1. The standard InChI is InChI=1S/C15H17N3O3.C6H13FN2/c1-9(2)16-7-12-10(3)18(15(21)17-12)8-11-4-5-13(19)14(20)6-11;1-2-6-3-4-9(5-6)8-7/h4-7,19-20H,1,8H2,2-3H3,(H,17,21);6,8H,2-5H2,1H3/t;6-/m.1/s1. The van der Waals surface area contributed by atoms with Crippen LogP contribution in [0.3, 0.4) is 0 Å². The van der Waals surface area contributed by atoms with E-state index >= 15 is 0 Å². The second-order valence-corrected chi connectivity index (χ2v) is 7.43. The summed E-state index contributed by atoms with van der Waals surface area (Å²) >= 11 is 0. The van der Waals surface area contributed by atoms with Crippen LogP contribution in [0.15, 0.2) is 40.3 Å². The van der Waals surface area contributed by atoms with Crippen molar-refractivity contribution in [3.05, 3.63) is 57.9 Å². The minimum atomic E-state index is -0.261. The Hall–Kier alpha value is -2.91. The van der Waals surface area contributed by atoms with Crippen LogP contribution in [0.5, 0.6) is 11.5 Å². The van der Waals surface area contributed by atoms with Crippen LogP contribution in [0.25, 0.3) is 0 Å². The molecule has 1 atom stereocenters. The van der Waals surface area contributed by atoms with Crippen LogP contribution < -0.4 is 11.3 Å². The lowest BCUT2D eigenvalue weighted by molar-refractivity contribution is 0.0851. The third-order valence-electron chi connectivity index (χ3n) is 5.06. The topological polar surface area (TPSA) is 106 Å². The van der Waals surface area contributed by atoms with Crippen molar-refractivity contribution in [2.75, 3.05) is 13.1 Å². The lowest BCUT2D eigenvalue weighted by Crippen LogP contribution is -2.29. The quantitative estimate of drug-likeness (QED) is 0.327. The summed E-state index contributed by atoms with van der Waals surface area (Å²) in [6.45, 7) is 11.4. The van der Waals surface area contributed by atoms with Gasteiger partial charge in [0.2, 0.25) is 0 Å². The lowest BCUT2D eigenvalue weighted by atomic mass is 10.1. The number of allylic oxidation sites excluding steroid dienone is 1. The van der Waals surface area contributed by atoms with Crippen LogP contribution in [0.1, 0.15) is 43.6 Å². The van der Waals surface area contributed by atoms with Gasteiger partial charge in [-0.3, -0.25) is 9.56 Å². The van der Waals surface area contributed by atoms with Crippen LogP contribution in [0.2, 0.25) is 0 Å². The van der Waals surface area contributed by atoms with E-state index in [1.54, 1.807) is 36.8 Å². The first-order valence-corrected chi connectivity index (χ1v) is 9.86. The molecule has 1 fully saturated rings. The van der Waals surface area contributed by atoms with Crippen molar-refractivity contribution in [3.63, 3.8) is 0 Å². The zero-order valence-corrected chi connectivity index (χ0v) is 17.7. The summed E-state index contributed by atoms with van der Waals surface area (Å²) in [7, 11) is 0. The van der Waals surface area contributed by atoms with E-state index in [1.165, 1.54) is 16.7 Å². The number of H-pyrrole nitrogens is 1. The van der Waals surface area contributed by atoms with Gasteiger partial charge in [-0.15, -0.1) is 4.48 Å². The maximum Gasteiger partial charge on any atom is 0.326 e. The highest BCUT2D eigenvalue weighted by atomic mass is 19.2. The third kappa shape index (κ3) is 6.30. The maximum atomic E-state index is 12.0. The van der Waals surface area contributed by atoms with Crippen molar-refractivity contribution in [3.8, 4) is 11.5 Å². The average molecular weight is 420 g/mol. The molecule has 0 spiro atoms. The Labute approximate surface area is 175 Å². The molecule has 0 unspecified atom stereocenters. The Balaban J connectivity index is 0.000000297. The summed E-state index contributed by atoms with van der Waals surface area (Å²) < 4.78 is 13.2. The van der Waals surface area contributed by atoms with Crippen molar-refractivity contribution in [1.29, 1.82) is 0 Å². The number of rotatable bonds is 6. The molecular weight excluding hydrogens is 389 g/mol. The average Bonchev–Trinajstić information content (AvgIpc) is 3.29. The summed E-state index contributed by atoms with van der Waals surface area (Å²) in [5, 5.41) is 20.4. The first-order chi connectivity index (χ1) is 14.2. The Morgan fingerprint density at radius 2 is 2.17 bits per heavy atom. The van der Waals surface area contributed by atoms with E-state index in [1.807, 2.05) is 0 Å². The largest absolute Gasteiger partial charge is 0.504 e. The zero-order valence-electron chi connectivity index (χ0n) is 17.7. The summed E-state index contributed by atoms with van der Waals surface area (Å²) in [5.74, 6) is 0.303. The summed E-state index contributed by atoms with van der Waals surface area (Å²) in [6, 6.07) is 4.46. The molecule has 30 heavy (non-hydrogen) atoms. The molecule has 0 saturated carbocycles. The zero-order chi connectivity index (χ0) is 22.3. The number of aromatic amines is 1. The van der Waals surface area contributed by atoms with E-state index in [-0.39, 0.29) is 23.7 Å². The SMILES string of the molecule is C=C(C)N=Cc1[nH]c(=O)n(Cc2ccc(O)c(O)c2)c1C.CC[C@@H]1CCN(NF)C1. The van der Waals surface area contributed by atoms with Crippen LogP contribution in [-0.4, -0.2) is 44.1 Å². The monoisotopic (exact) mass is 419 g/mol. The van der Waals surface area contributed by atoms with Gasteiger partial charge < -0.3 is 15.2 Å². The fourth-order valence-electron chi connectivity index (χ4n) is 3.15. The normalized spacial score (nSPS) is 16.6. The van der Waals surface area contributed by atoms with Crippen molar-refractivity contribution in [1.82, 2.24) is 20.2 Å². The van der Waals surface area contributed by atoms with Gasteiger partial charge in [-0.2, -0.15) is 0 Å². The lowest BCUT2D eigenvalue weighted by Gasteiger charge is -2.08. The number of aromatic hydroxyl groups is 2. The van der Waals surface area contributed by atoms with E-state index in [0.29, 0.717) is 22.9 Å². The van der Waals surface area contributed by atoms with E-state index in [4.69, 9.17) is 0 Å². The van der Waals surface area contributed by atoms with E-state index in [0.717, 1.165) is 31.6 Å². The third-order valence-corrected chi connectivity index (χ3v) is 5.06. The van der Waals surface area contributed by atoms with Crippen molar-refractivity contribution < 1.29 is 14.7 Å². The first kappa shape index (κ1) is 23.4. The Bertz CT molecular complexity index is 941. The highest BCUT2D eigenvalue weighted by molar-refractivity contribution is 5.79. The molecule has 4 N–H and O–H groups in total. The number of halogens is 1. The molecule has 0 amide bonds. The number of hydrogen-bond acceptors (Lipinski definition) is 6. The minimum Gasteiger partial charge on any atom is -0.504 e. The highest BCUT2D eigenvalue weighted by Crippen LogP contribution is 2.25. The summed E-state index contributed by atoms with van der Waals surface area (Å²) in [6.07, 6.45) is 3.86. The van der Waals surface area contributed by atoms with Crippen LogP contribution in [-0.2, 0) is 6.54 Å². The first-order valence-electron chi connectivity index (χ1n) is 9.86. The minimum absolute atomic E-state index is 0.189. The van der Waals surface area contributed by atoms with Crippen LogP contribution in [0.4, 0.5) is 4.48 Å². The Morgan fingerprint density at radius 1 is 1.43 bits per heavy atom. The number of hydrazine groups is 1. The van der Waals surface area contributed by atoms with Gasteiger partial charge in [0, 0.05) is 24.5 Å². The molecular formula is C21H30FN5O3. The van der Waals surface area contributed by atoms with Gasteiger partial charge >= 0.3 is 5.69 Å². The Morgan fingerprint density at radius 3 is 2.70 bits per heavy atom. The summed E-state index contributed by atoms with van der Waals surface area (Å²) in [4.78, 5) is 18.8. The molecule has 1 saturated heterocycles. The van der Waals surface area contributed by atoms with Crippen molar-refractivity contribution >= 4 is 6.21 Å². The number of aromatic nitrogens is 2. The fourth-order valence-corrected chi connectivity index (χ4v) is 3.15. The van der Waals surface area contributed by atoms with Gasteiger partial charge in [-0.25, -0.2) is 9.80 Å². The van der Waals surface area contributed by atoms with Crippen LogP contribution in [0, 0.1) is 12.8 Å². The van der Waals surface area contributed by atoms with E-state index < -0.39 is 0 Å². The summed E-state index contributed by atoms with van der Waals surface area (Å²) in [5.41, 5.74) is 4.10. The van der Waals surface area contributed by atoms with Gasteiger partial charge in [-0.05, 0) is 43.9 Å². The van der Waals surface area contributed by atoms with E-state index in [9.17, 15) is 19.5 Å². The predicted molar refractivity (Wildman–Crippen MR) is 115 cm³/mol. The van der Waals surface area contributed by atoms with Gasteiger partial charge in [0.1, 0.15) is 0 Å². The number of nitrogens with zero attached hydrogens (tertiary/aromatic N) is 3. The van der Waals surface area contributed by atoms with Gasteiger partial charge in [0.25, 0.3) is 0 Å². The molecule has 0 aliphatic carbocycles. The number of imidazole rings is 1. The van der Waals surface area contributed by atoms with Crippen LogP contribution >= 0.6 is 0 Å². The van der Waals surface area contributed by atoms with E-state index in [2.05, 4.69) is 23.5 Å². The number of phenolic OH excluding ortho intramolecular Hbond substituents is 2. The molecule has 1 aromatic carbocycles. The fraction of sp³-hybridized carbons (Fsp3) is 0.429. The molecule has 8 nitrogen and oxygen atoms in total. The second-order valence-electron chi connectivity index (χ2n) is 7.43. The van der Waals surface area contributed by atoms with Crippen molar-refractivity contribution in [2.24, 2.45) is 10.9 Å². The molecule has 1 aliphatic rings. The smallest absolute Gasteiger partial charge is 0.326 e. The number of aliphatic imine (C=N–C) groups is 1. The molecule has 0 radical (unpaired) electrons. The molecule has 9 heteroatoms. The number of hydrogen-bond donors (Lipinski definition) is 4. The molecule has 2 heterocycles. The number of phenols is 2. The highest BCUT2D eigenvalue weighted by Gasteiger charge is 2.20. The molecule has 2 aromatic rings. The predicted octanol–water partition coefficient (Wildman–Crippen LogP) is 3.00. The Kier molecular flexibility index (Phi) is 8.37. The molecule has 164 valence electrons. The second kappa shape index (κ2) is 10.7. The van der Waals surface area contributed by atoms with Gasteiger partial charge in [0.15, 0.2) is 11.5 Å². The molecule has 3 rings (SSSR count). The van der Waals surface area contributed by atoms with Crippen molar-refractivity contribution in [2.45, 2.75) is 40.2 Å². The maximum absolute atomic E-state index is 12.0. The number of nitrogens with one attached hydrogen (secondary N) is 2. The molecule has 1 aromatic heterocycles. The molecule has 0 bridgehead atoms.